The number of carboxylic acid groups (broad SMARTS) is 2. The van der Waals surface area contributed by atoms with E-state index in [-0.39, 0.29) is 53.1 Å². The predicted octanol–water partition coefficient (Wildman–Crippen LogP) is 10.6. The summed E-state index contributed by atoms with van der Waals surface area (Å²) in [6, 6.07) is 25.7. The fourth-order valence-corrected chi connectivity index (χ4v) is 11.5. The first kappa shape index (κ1) is 47.3. The van der Waals surface area contributed by atoms with Gasteiger partial charge in [-0.3, -0.25) is 9.59 Å². The lowest BCUT2D eigenvalue weighted by Gasteiger charge is -2.36. The Morgan fingerprint density at radius 3 is 1.89 bits per heavy atom. The van der Waals surface area contributed by atoms with Gasteiger partial charge in [0.1, 0.15) is 6.42 Å². The van der Waals surface area contributed by atoms with E-state index in [1.54, 1.807) is 0 Å². The standard InChI is InChI=1S/C54H63ClN2O4.HI/c1-50(2,3)33-53(9)43(56(29-27-45(58)59)41-23-19-35-15-11-13-17-39(35)47(41)53)25-21-37-31-52(7,8)32-38(49(37)55)22-26-44-54(10,34-51(4,5)6)48-40-18-14-12-16-36(40)20-24-42(48)57(44)30-28-46(60)61;/h11-26H,27-34H2,1-10H3,(H-,58,59,60,61);1H. The second-order valence-corrected chi connectivity index (χ2v) is 21.8. The molecule has 2 unspecified atom stereocenters. The normalized spacial score (nSPS) is 22.6. The minimum absolute atomic E-state index is 0. The number of fused-ring (bicyclic) bond motifs is 6. The molecule has 328 valence electrons. The highest BCUT2D eigenvalue weighted by Gasteiger charge is 2.51. The Morgan fingerprint density at radius 1 is 0.726 bits per heavy atom. The molecule has 0 fully saturated rings. The molecule has 0 saturated heterocycles. The SMILES string of the molecule is CC(C)(C)CC1(C)C(/C=C/C2=C(Cl)C(=C/C=C3/N(CCC(=O)O)c4ccc5ccccc5c4C3(C)CC(C)(C)C)/CC(C)(C)C2)=[N+](CCC(=O)O)c2ccc3ccccc3c21.[I-]. The Kier molecular flexibility index (Phi) is 13.3. The van der Waals surface area contributed by atoms with Crippen molar-refractivity contribution >= 4 is 62.2 Å². The number of hydrogen-bond acceptors (Lipinski definition) is 3. The highest BCUT2D eigenvalue weighted by molar-refractivity contribution is 6.32. The van der Waals surface area contributed by atoms with Crippen molar-refractivity contribution in [3.05, 3.63) is 130 Å². The van der Waals surface area contributed by atoms with Crippen LogP contribution in [0.3, 0.4) is 0 Å². The van der Waals surface area contributed by atoms with Crippen LogP contribution >= 0.6 is 11.6 Å². The van der Waals surface area contributed by atoms with Crippen molar-refractivity contribution in [2.45, 2.75) is 119 Å². The zero-order valence-electron chi connectivity index (χ0n) is 38.3. The first-order valence-corrected chi connectivity index (χ1v) is 22.3. The third-order valence-corrected chi connectivity index (χ3v) is 13.3. The van der Waals surface area contributed by atoms with Gasteiger partial charge in [0.25, 0.3) is 0 Å². The lowest BCUT2D eigenvalue weighted by atomic mass is 9.67. The number of carbonyl (C=O) groups is 2. The molecule has 0 radical (unpaired) electrons. The van der Waals surface area contributed by atoms with Crippen molar-refractivity contribution in [3.8, 4) is 0 Å². The van der Waals surface area contributed by atoms with Gasteiger partial charge >= 0.3 is 11.9 Å². The maximum Gasteiger partial charge on any atom is 0.309 e. The zero-order valence-corrected chi connectivity index (χ0v) is 41.2. The summed E-state index contributed by atoms with van der Waals surface area (Å²) in [5.41, 5.74) is 7.97. The molecule has 62 heavy (non-hydrogen) atoms. The fourth-order valence-electron chi connectivity index (χ4n) is 11.2. The van der Waals surface area contributed by atoms with Gasteiger partial charge in [-0.2, -0.15) is 4.58 Å². The average Bonchev–Trinajstić information content (AvgIpc) is 3.53. The Hall–Kier alpha value is -4.21. The lowest BCUT2D eigenvalue weighted by molar-refractivity contribution is -0.436. The molecule has 4 aromatic carbocycles. The van der Waals surface area contributed by atoms with Crippen molar-refractivity contribution in [2.75, 3.05) is 18.0 Å². The first-order chi connectivity index (χ1) is 28.5. The predicted molar refractivity (Wildman–Crippen MR) is 254 cm³/mol. The van der Waals surface area contributed by atoms with Gasteiger partial charge in [-0.15, -0.1) is 0 Å². The van der Waals surface area contributed by atoms with Crippen LogP contribution in [0.5, 0.6) is 0 Å². The molecule has 2 atom stereocenters. The summed E-state index contributed by atoms with van der Waals surface area (Å²) in [7, 11) is 0. The molecule has 3 aliphatic rings. The topological polar surface area (TPSA) is 80.9 Å². The summed E-state index contributed by atoms with van der Waals surface area (Å²) in [4.78, 5) is 26.4. The Labute approximate surface area is 391 Å². The second kappa shape index (κ2) is 17.4. The minimum Gasteiger partial charge on any atom is -1.00 e. The highest BCUT2D eigenvalue weighted by Crippen LogP contribution is 2.56. The van der Waals surface area contributed by atoms with Crippen LogP contribution in [0.25, 0.3) is 21.5 Å². The lowest BCUT2D eigenvalue weighted by Crippen LogP contribution is -3.00. The van der Waals surface area contributed by atoms with Gasteiger partial charge in [0.05, 0.1) is 11.8 Å². The third kappa shape index (κ3) is 9.36. The van der Waals surface area contributed by atoms with Gasteiger partial charge in [0.15, 0.2) is 12.3 Å². The van der Waals surface area contributed by atoms with Crippen molar-refractivity contribution in [3.63, 3.8) is 0 Å². The van der Waals surface area contributed by atoms with E-state index < -0.39 is 22.8 Å². The van der Waals surface area contributed by atoms with Gasteiger partial charge in [0.2, 0.25) is 5.69 Å². The van der Waals surface area contributed by atoms with E-state index in [4.69, 9.17) is 11.6 Å². The van der Waals surface area contributed by atoms with E-state index in [0.717, 1.165) is 64.6 Å². The van der Waals surface area contributed by atoms with Crippen molar-refractivity contribution in [1.82, 2.24) is 0 Å². The summed E-state index contributed by atoms with van der Waals surface area (Å²) in [6.07, 6.45) is 12.2. The summed E-state index contributed by atoms with van der Waals surface area (Å²) in [5, 5.41) is 25.3. The first-order valence-electron chi connectivity index (χ1n) is 21.9. The third-order valence-electron chi connectivity index (χ3n) is 12.9. The van der Waals surface area contributed by atoms with Gasteiger partial charge in [0, 0.05) is 46.1 Å². The summed E-state index contributed by atoms with van der Waals surface area (Å²) >= 11 is 7.55. The van der Waals surface area contributed by atoms with Gasteiger partial charge in [-0.25, -0.2) is 0 Å². The summed E-state index contributed by atoms with van der Waals surface area (Å²) < 4.78 is 2.24. The van der Waals surface area contributed by atoms with E-state index in [1.807, 2.05) is 0 Å². The average molecular weight is 967 g/mol. The van der Waals surface area contributed by atoms with Gasteiger partial charge < -0.3 is 39.1 Å². The molecule has 6 nitrogen and oxygen atoms in total. The number of anilines is 1. The van der Waals surface area contributed by atoms with Crippen molar-refractivity contribution < 1.29 is 48.4 Å². The van der Waals surface area contributed by atoms with E-state index in [0.29, 0.717) is 13.1 Å². The molecular formula is C54H64ClIN2O4. The van der Waals surface area contributed by atoms with Gasteiger partial charge in [-0.1, -0.05) is 134 Å². The smallest absolute Gasteiger partial charge is 0.309 e. The molecule has 7 rings (SSSR count). The monoisotopic (exact) mass is 966 g/mol. The number of hydrogen-bond donors (Lipinski definition) is 2. The van der Waals surface area contributed by atoms with E-state index in [9.17, 15) is 19.8 Å². The van der Waals surface area contributed by atoms with E-state index >= 15 is 0 Å². The highest BCUT2D eigenvalue weighted by atomic mass is 127. The second-order valence-electron chi connectivity index (χ2n) is 21.4. The molecule has 2 N–H and O–H groups in total. The van der Waals surface area contributed by atoms with E-state index in [1.165, 1.54) is 32.7 Å². The summed E-state index contributed by atoms with van der Waals surface area (Å²) in [5.74, 6) is -1.64. The van der Waals surface area contributed by atoms with E-state index in [2.05, 4.69) is 176 Å². The zero-order chi connectivity index (χ0) is 44.3. The van der Waals surface area contributed by atoms with Crippen LogP contribution in [-0.2, 0) is 20.4 Å². The summed E-state index contributed by atoms with van der Waals surface area (Å²) in [6.45, 7) is 23.6. The molecule has 4 aromatic rings. The number of aliphatic carboxylic acids is 2. The van der Waals surface area contributed by atoms with Crippen LogP contribution in [-0.4, -0.2) is 45.5 Å². The number of allylic oxidation sites excluding steroid dienone is 8. The van der Waals surface area contributed by atoms with Crippen LogP contribution < -0.4 is 28.9 Å². The van der Waals surface area contributed by atoms with Crippen LogP contribution in [0.4, 0.5) is 11.4 Å². The Bertz CT molecular complexity index is 2600. The maximum atomic E-state index is 12.1. The number of carboxylic acids is 2. The molecule has 0 spiro atoms. The molecule has 8 heteroatoms. The molecular weight excluding hydrogens is 903 g/mol. The van der Waals surface area contributed by atoms with Gasteiger partial charge in [-0.05, 0) is 112 Å². The minimum atomic E-state index is -0.822. The molecule has 2 aliphatic heterocycles. The van der Waals surface area contributed by atoms with Crippen molar-refractivity contribution in [1.29, 1.82) is 0 Å². The Morgan fingerprint density at radius 2 is 1.29 bits per heavy atom. The number of halogens is 2. The van der Waals surface area contributed by atoms with Crippen LogP contribution in [0.2, 0.25) is 0 Å². The number of benzene rings is 4. The largest absolute Gasteiger partial charge is 1.00 e. The number of rotatable bonds is 11. The molecule has 0 saturated carbocycles. The van der Waals surface area contributed by atoms with Crippen LogP contribution in [0.1, 0.15) is 119 Å². The fraction of sp³-hybridized carbons (Fsp3) is 0.426. The van der Waals surface area contributed by atoms with Crippen molar-refractivity contribution in [2.24, 2.45) is 16.2 Å². The number of nitrogens with zero attached hydrogens (tertiary/aromatic N) is 2. The Balaban J connectivity index is 0.00000641. The molecule has 0 bridgehead atoms. The molecule has 0 aromatic heterocycles. The molecule has 0 amide bonds. The maximum absolute atomic E-state index is 12.1. The van der Waals surface area contributed by atoms with Crippen LogP contribution in [0, 0.1) is 16.2 Å². The molecule has 2 heterocycles. The van der Waals surface area contributed by atoms with Crippen LogP contribution in [0.15, 0.2) is 119 Å². The molecule has 1 aliphatic carbocycles. The quantitative estimate of drug-likeness (QED) is 0.116.